The normalized spacial score (nSPS) is 9.76. The maximum Gasteiger partial charge on any atom is 0.356 e. The number of rotatable bonds is 2. The van der Waals surface area contributed by atoms with Crippen molar-refractivity contribution in [3.8, 4) is 5.69 Å². The zero-order chi connectivity index (χ0) is 11.7. The van der Waals surface area contributed by atoms with Crippen molar-refractivity contribution in [2.45, 2.75) is 0 Å². The van der Waals surface area contributed by atoms with Crippen molar-refractivity contribution < 1.29 is 9.90 Å². The maximum absolute atomic E-state index is 10.6. The van der Waals surface area contributed by atoms with Crippen molar-refractivity contribution in [2.75, 3.05) is 0 Å². The van der Waals surface area contributed by atoms with Gasteiger partial charge in [-0.3, -0.25) is 0 Å². The molecule has 1 N–H and O–H groups in total. The van der Waals surface area contributed by atoms with Gasteiger partial charge in [-0.25, -0.2) is 9.78 Å². The Morgan fingerprint density at radius 2 is 2.00 bits per heavy atom. The third-order valence-electron chi connectivity index (χ3n) is 2.00. The van der Waals surface area contributed by atoms with Crippen LogP contribution in [0.2, 0.25) is 10.0 Å². The number of carbonyl (C=O) groups is 1. The van der Waals surface area contributed by atoms with Crippen molar-refractivity contribution in [3.63, 3.8) is 0 Å². The summed E-state index contributed by atoms with van der Waals surface area (Å²) < 4.78 is 1.56. The topological polar surface area (TPSA) is 55.1 Å². The molecule has 0 fully saturated rings. The lowest BCUT2D eigenvalue weighted by Gasteiger charge is -2.02. The molecule has 2 rings (SSSR count). The minimum Gasteiger partial charge on any atom is -0.476 e. The van der Waals surface area contributed by atoms with Crippen LogP contribution >= 0.6 is 35.6 Å². The van der Waals surface area contributed by atoms with Crippen molar-refractivity contribution in [3.05, 3.63) is 46.5 Å². The van der Waals surface area contributed by atoms with E-state index in [1.165, 1.54) is 12.5 Å². The standard InChI is InChI=1S/C10H6Cl2N2O2.ClH/c11-7-2-1-6(3-8(7)12)14-4-9(10(15)16)13-5-14;/h1-5H,(H,15,16);1H. The zero-order valence-corrected chi connectivity index (χ0v) is 10.6. The fraction of sp³-hybridized carbons (Fsp3) is 0. The molecule has 90 valence electrons. The molecule has 2 aromatic rings. The molecule has 0 bridgehead atoms. The molecule has 0 aliphatic heterocycles. The molecule has 0 unspecified atom stereocenters. The van der Waals surface area contributed by atoms with E-state index >= 15 is 0 Å². The highest BCUT2D eigenvalue weighted by Gasteiger charge is 2.08. The molecule has 1 aromatic carbocycles. The largest absolute Gasteiger partial charge is 0.476 e. The minimum absolute atomic E-state index is 0. The molecular formula is C10H7Cl3N2O2. The van der Waals surface area contributed by atoms with Crippen molar-refractivity contribution in [1.82, 2.24) is 9.55 Å². The molecule has 1 aromatic heterocycles. The zero-order valence-electron chi connectivity index (χ0n) is 8.30. The average Bonchev–Trinajstić information content (AvgIpc) is 2.71. The Morgan fingerprint density at radius 3 is 2.53 bits per heavy atom. The van der Waals surface area contributed by atoms with Gasteiger partial charge in [0.1, 0.15) is 6.33 Å². The van der Waals surface area contributed by atoms with Crippen LogP contribution in [0, 0.1) is 0 Å². The van der Waals surface area contributed by atoms with Gasteiger partial charge in [-0.1, -0.05) is 23.2 Å². The smallest absolute Gasteiger partial charge is 0.356 e. The predicted octanol–water partition coefficient (Wildman–Crippen LogP) is 3.30. The van der Waals surface area contributed by atoms with Gasteiger partial charge in [-0.05, 0) is 18.2 Å². The van der Waals surface area contributed by atoms with E-state index < -0.39 is 5.97 Å². The molecular weight excluding hydrogens is 286 g/mol. The first-order valence-electron chi connectivity index (χ1n) is 4.30. The third-order valence-corrected chi connectivity index (χ3v) is 2.74. The summed E-state index contributed by atoms with van der Waals surface area (Å²) in [5.41, 5.74) is 0.681. The Kier molecular flexibility index (Phi) is 4.40. The molecule has 0 amide bonds. The Morgan fingerprint density at radius 1 is 1.29 bits per heavy atom. The summed E-state index contributed by atoms with van der Waals surface area (Å²) in [6.07, 6.45) is 2.81. The number of nitrogens with zero attached hydrogens (tertiary/aromatic N) is 2. The highest BCUT2D eigenvalue weighted by molar-refractivity contribution is 6.42. The van der Waals surface area contributed by atoms with Gasteiger partial charge in [-0.2, -0.15) is 0 Å². The number of aromatic nitrogens is 2. The number of imidazole rings is 1. The Balaban J connectivity index is 0.00000144. The second-order valence-electron chi connectivity index (χ2n) is 3.07. The van der Waals surface area contributed by atoms with Crippen LogP contribution in [0.15, 0.2) is 30.7 Å². The summed E-state index contributed by atoms with van der Waals surface area (Å²) in [5, 5.41) is 9.58. The van der Waals surface area contributed by atoms with Crippen LogP contribution < -0.4 is 0 Å². The molecule has 1 heterocycles. The summed E-state index contributed by atoms with van der Waals surface area (Å²) in [5.74, 6) is -1.07. The Bertz CT molecular complexity index is 554. The van der Waals surface area contributed by atoms with E-state index in [4.69, 9.17) is 28.3 Å². The van der Waals surface area contributed by atoms with E-state index in [-0.39, 0.29) is 18.1 Å². The molecule has 0 saturated carbocycles. The monoisotopic (exact) mass is 292 g/mol. The van der Waals surface area contributed by atoms with Gasteiger partial charge in [0.2, 0.25) is 0 Å². The van der Waals surface area contributed by atoms with Crippen LogP contribution in [0.1, 0.15) is 10.5 Å². The highest BCUT2D eigenvalue weighted by Crippen LogP contribution is 2.24. The van der Waals surface area contributed by atoms with Crippen LogP contribution in [0.3, 0.4) is 0 Å². The van der Waals surface area contributed by atoms with Crippen molar-refractivity contribution in [1.29, 1.82) is 0 Å². The summed E-state index contributed by atoms with van der Waals surface area (Å²) in [6.45, 7) is 0. The fourth-order valence-electron chi connectivity index (χ4n) is 1.22. The summed E-state index contributed by atoms with van der Waals surface area (Å²) in [4.78, 5) is 14.4. The second kappa shape index (κ2) is 5.40. The van der Waals surface area contributed by atoms with Gasteiger partial charge < -0.3 is 9.67 Å². The molecule has 7 heteroatoms. The third kappa shape index (κ3) is 2.91. The van der Waals surface area contributed by atoms with E-state index in [9.17, 15) is 4.79 Å². The minimum atomic E-state index is -1.07. The van der Waals surface area contributed by atoms with Gasteiger partial charge in [0.15, 0.2) is 5.69 Å². The number of hydrogen-bond acceptors (Lipinski definition) is 2. The van der Waals surface area contributed by atoms with E-state index in [2.05, 4.69) is 4.98 Å². The molecule has 4 nitrogen and oxygen atoms in total. The summed E-state index contributed by atoms with van der Waals surface area (Å²) in [6, 6.07) is 5.00. The number of carboxylic acid groups (broad SMARTS) is 1. The fourth-order valence-corrected chi connectivity index (χ4v) is 1.51. The van der Waals surface area contributed by atoms with Gasteiger partial charge in [-0.15, -0.1) is 12.4 Å². The molecule has 0 radical (unpaired) electrons. The Labute approximate surface area is 113 Å². The second-order valence-corrected chi connectivity index (χ2v) is 3.88. The van der Waals surface area contributed by atoms with Crippen molar-refractivity contribution in [2.24, 2.45) is 0 Å². The number of benzene rings is 1. The molecule has 0 aliphatic rings. The Hall–Kier alpha value is -1.23. The SMILES string of the molecule is Cl.O=C(O)c1cn(-c2ccc(Cl)c(Cl)c2)cn1. The summed E-state index contributed by atoms with van der Waals surface area (Å²) in [7, 11) is 0. The number of hydrogen-bond donors (Lipinski definition) is 1. The maximum atomic E-state index is 10.6. The quantitative estimate of drug-likeness (QED) is 0.924. The van der Waals surface area contributed by atoms with Gasteiger partial charge in [0, 0.05) is 11.9 Å². The predicted molar refractivity (Wildman–Crippen MR) is 67.8 cm³/mol. The van der Waals surface area contributed by atoms with Crippen LogP contribution in [0.5, 0.6) is 0 Å². The highest BCUT2D eigenvalue weighted by atomic mass is 35.5. The van der Waals surface area contributed by atoms with Crippen LogP contribution in [0.4, 0.5) is 0 Å². The van der Waals surface area contributed by atoms with Crippen molar-refractivity contribution >= 4 is 41.6 Å². The first-order chi connectivity index (χ1) is 7.58. The lowest BCUT2D eigenvalue weighted by atomic mass is 10.3. The molecule has 0 atom stereocenters. The van der Waals surface area contributed by atoms with Crippen LogP contribution in [-0.4, -0.2) is 20.6 Å². The molecule has 0 saturated heterocycles. The first kappa shape index (κ1) is 13.8. The lowest BCUT2D eigenvalue weighted by Crippen LogP contribution is -1.95. The van der Waals surface area contributed by atoms with Gasteiger partial charge in [0.25, 0.3) is 0 Å². The molecule has 0 aliphatic carbocycles. The van der Waals surface area contributed by atoms with E-state index in [1.807, 2.05) is 0 Å². The van der Waals surface area contributed by atoms with Crippen LogP contribution in [-0.2, 0) is 0 Å². The van der Waals surface area contributed by atoms with E-state index in [0.29, 0.717) is 15.7 Å². The van der Waals surface area contributed by atoms with Gasteiger partial charge >= 0.3 is 5.97 Å². The van der Waals surface area contributed by atoms with E-state index in [1.54, 1.807) is 22.8 Å². The molecule has 17 heavy (non-hydrogen) atoms. The first-order valence-corrected chi connectivity index (χ1v) is 5.06. The van der Waals surface area contributed by atoms with Crippen LogP contribution in [0.25, 0.3) is 5.69 Å². The number of carboxylic acids is 1. The van der Waals surface area contributed by atoms with Gasteiger partial charge in [0.05, 0.1) is 10.0 Å². The van der Waals surface area contributed by atoms with E-state index in [0.717, 1.165) is 0 Å². The molecule has 0 spiro atoms. The number of halogens is 3. The lowest BCUT2D eigenvalue weighted by molar-refractivity contribution is 0.0691. The number of aromatic carboxylic acids is 1. The average molecular weight is 294 g/mol. The summed E-state index contributed by atoms with van der Waals surface area (Å²) >= 11 is 11.6.